The Kier molecular flexibility index (Phi) is 3.65. The van der Waals surface area contributed by atoms with Crippen molar-refractivity contribution in [2.24, 2.45) is 5.73 Å². The molecule has 7 heteroatoms. The molecule has 1 rings (SSSR count). The van der Waals surface area contributed by atoms with E-state index in [1.807, 2.05) is 0 Å². The fraction of sp³-hybridized carbons (Fsp3) is 0.111. The molecule has 0 aliphatic heterocycles. The Morgan fingerprint density at radius 3 is 2.69 bits per heavy atom. The third-order valence-corrected chi connectivity index (χ3v) is 1.59. The summed E-state index contributed by atoms with van der Waals surface area (Å²) in [5, 5.41) is 1.80. The maximum atomic E-state index is 12.6. The Labute approximate surface area is 90.4 Å². The molecule has 0 saturated heterocycles. The highest BCUT2D eigenvalue weighted by Crippen LogP contribution is 2.21. The Bertz CT molecular complexity index is 422. The first-order chi connectivity index (χ1) is 7.49. The van der Waals surface area contributed by atoms with Crippen LogP contribution >= 0.6 is 0 Å². The minimum Gasteiger partial charge on any atom is -0.482 e. The zero-order valence-corrected chi connectivity index (χ0v) is 8.20. The molecular weight excluding hydrogens is 217 g/mol. The van der Waals surface area contributed by atoms with E-state index in [0.717, 1.165) is 12.1 Å². The largest absolute Gasteiger partial charge is 0.482 e. The second-order valence-electron chi connectivity index (χ2n) is 2.88. The molecule has 6 nitrogen and oxygen atoms in total. The molecule has 0 unspecified atom stereocenters. The van der Waals surface area contributed by atoms with Gasteiger partial charge in [-0.25, -0.2) is 9.18 Å². The SMILES string of the molecule is NC(=O)NC(=O)COc1ccc(F)cc1N. The number of amides is 3. The molecule has 0 aromatic heterocycles. The van der Waals surface area contributed by atoms with E-state index in [9.17, 15) is 14.0 Å². The van der Waals surface area contributed by atoms with E-state index < -0.39 is 24.4 Å². The Morgan fingerprint density at radius 2 is 2.12 bits per heavy atom. The van der Waals surface area contributed by atoms with E-state index in [2.05, 4.69) is 0 Å². The minimum atomic E-state index is -0.972. The molecule has 0 heterocycles. The summed E-state index contributed by atoms with van der Waals surface area (Å²) < 4.78 is 17.6. The summed E-state index contributed by atoms with van der Waals surface area (Å²) in [6, 6.07) is 2.50. The summed E-state index contributed by atoms with van der Waals surface area (Å²) in [5.41, 5.74) is 10.2. The van der Waals surface area contributed by atoms with Crippen LogP contribution in [-0.4, -0.2) is 18.5 Å². The first kappa shape index (κ1) is 11.8. The molecule has 0 saturated carbocycles. The van der Waals surface area contributed by atoms with E-state index in [1.165, 1.54) is 6.07 Å². The summed E-state index contributed by atoms with van der Waals surface area (Å²) in [6.45, 7) is -0.432. The lowest BCUT2D eigenvalue weighted by atomic mass is 10.3. The van der Waals surface area contributed by atoms with Crippen LogP contribution in [0.1, 0.15) is 0 Å². The lowest BCUT2D eigenvalue weighted by molar-refractivity contribution is -0.121. The predicted molar refractivity (Wildman–Crippen MR) is 54.0 cm³/mol. The third-order valence-electron chi connectivity index (χ3n) is 1.59. The van der Waals surface area contributed by atoms with Gasteiger partial charge in [0.05, 0.1) is 5.69 Å². The van der Waals surface area contributed by atoms with Crippen molar-refractivity contribution in [3.05, 3.63) is 24.0 Å². The minimum absolute atomic E-state index is 0.0619. The van der Waals surface area contributed by atoms with Crippen LogP contribution in [0.25, 0.3) is 0 Å². The van der Waals surface area contributed by atoms with Crippen LogP contribution in [0, 0.1) is 5.82 Å². The summed E-state index contributed by atoms with van der Waals surface area (Å²) in [6.07, 6.45) is 0. The summed E-state index contributed by atoms with van der Waals surface area (Å²) in [5.74, 6) is -1.07. The fourth-order valence-electron chi connectivity index (χ4n) is 0.968. The molecule has 0 atom stereocenters. The molecule has 0 bridgehead atoms. The molecule has 3 amide bonds. The number of nitrogens with two attached hydrogens (primary N) is 2. The molecule has 0 fully saturated rings. The number of hydrogen-bond acceptors (Lipinski definition) is 4. The topological polar surface area (TPSA) is 107 Å². The number of primary amides is 1. The molecule has 16 heavy (non-hydrogen) atoms. The first-order valence-electron chi connectivity index (χ1n) is 4.26. The normalized spacial score (nSPS) is 9.56. The van der Waals surface area contributed by atoms with Gasteiger partial charge in [0.25, 0.3) is 5.91 Å². The van der Waals surface area contributed by atoms with Crippen molar-refractivity contribution < 1.29 is 18.7 Å². The molecule has 1 aromatic carbocycles. The summed E-state index contributed by atoms with van der Waals surface area (Å²) >= 11 is 0. The molecule has 0 aliphatic carbocycles. The van der Waals surface area contributed by atoms with Crippen LogP contribution in [0.3, 0.4) is 0 Å². The van der Waals surface area contributed by atoms with Crippen molar-refractivity contribution in [3.8, 4) is 5.75 Å². The van der Waals surface area contributed by atoms with Gasteiger partial charge < -0.3 is 16.2 Å². The van der Waals surface area contributed by atoms with Gasteiger partial charge >= 0.3 is 6.03 Å². The number of halogens is 1. The van der Waals surface area contributed by atoms with E-state index in [4.69, 9.17) is 16.2 Å². The number of benzene rings is 1. The van der Waals surface area contributed by atoms with Crippen molar-refractivity contribution in [1.29, 1.82) is 0 Å². The van der Waals surface area contributed by atoms with Gasteiger partial charge in [0.15, 0.2) is 6.61 Å². The number of hydrogen-bond donors (Lipinski definition) is 3. The van der Waals surface area contributed by atoms with Gasteiger partial charge in [-0.15, -0.1) is 0 Å². The summed E-state index contributed by atoms with van der Waals surface area (Å²) in [7, 11) is 0. The van der Waals surface area contributed by atoms with E-state index in [0.29, 0.717) is 0 Å². The van der Waals surface area contributed by atoms with Gasteiger partial charge in [-0.1, -0.05) is 0 Å². The van der Waals surface area contributed by atoms with Crippen LogP contribution < -0.4 is 21.5 Å². The number of carbonyl (C=O) groups excluding carboxylic acids is 2. The number of imide groups is 1. The summed E-state index contributed by atoms with van der Waals surface area (Å²) in [4.78, 5) is 21.2. The van der Waals surface area contributed by atoms with E-state index in [-0.39, 0.29) is 11.4 Å². The second-order valence-corrected chi connectivity index (χ2v) is 2.88. The Morgan fingerprint density at radius 1 is 1.44 bits per heavy atom. The van der Waals surface area contributed by atoms with Gasteiger partial charge in [0.1, 0.15) is 11.6 Å². The number of nitrogen functional groups attached to an aromatic ring is 1. The molecule has 0 spiro atoms. The average molecular weight is 227 g/mol. The average Bonchev–Trinajstić information content (AvgIpc) is 2.15. The van der Waals surface area contributed by atoms with Crippen molar-refractivity contribution in [2.45, 2.75) is 0 Å². The van der Waals surface area contributed by atoms with Gasteiger partial charge in [0, 0.05) is 6.07 Å². The maximum absolute atomic E-state index is 12.6. The highest BCUT2D eigenvalue weighted by atomic mass is 19.1. The molecule has 1 aromatic rings. The lowest BCUT2D eigenvalue weighted by Gasteiger charge is -2.07. The van der Waals surface area contributed by atoms with Crippen LogP contribution in [0.4, 0.5) is 14.9 Å². The third kappa shape index (κ3) is 3.45. The molecular formula is C9H10FN3O3. The molecule has 0 radical (unpaired) electrons. The van der Waals surface area contributed by atoms with Gasteiger partial charge in [-0.05, 0) is 12.1 Å². The first-order valence-corrected chi connectivity index (χ1v) is 4.26. The van der Waals surface area contributed by atoms with Crippen molar-refractivity contribution in [3.63, 3.8) is 0 Å². The standard InChI is InChI=1S/C9H10FN3O3/c10-5-1-2-7(6(11)3-5)16-4-8(14)13-9(12)15/h1-3H,4,11H2,(H3,12,13,14,15). The smallest absolute Gasteiger partial charge is 0.318 e. The van der Waals surface area contributed by atoms with Gasteiger partial charge in [-0.3, -0.25) is 10.1 Å². The monoisotopic (exact) mass is 227 g/mol. The zero-order chi connectivity index (χ0) is 12.1. The van der Waals surface area contributed by atoms with E-state index >= 15 is 0 Å². The van der Waals surface area contributed by atoms with Crippen LogP contribution in [0.2, 0.25) is 0 Å². The Hall–Kier alpha value is -2.31. The second kappa shape index (κ2) is 4.96. The molecule has 86 valence electrons. The predicted octanol–water partition coefficient (Wildman–Crippen LogP) is -0.0184. The van der Waals surface area contributed by atoms with Crippen LogP contribution in [0.15, 0.2) is 18.2 Å². The van der Waals surface area contributed by atoms with Crippen LogP contribution in [-0.2, 0) is 4.79 Å². The quantitative estimate of drug-likeness (QED) is 0.630. The Balaban J connectivity index is 2.54. The number of carbonyl (C=O) groups is 2. The number of ether oxygens (including phenoxy) is 1. The highest BCUT2D eigenvalue weighted by Gasteiger charge is 2.07. The fourth-order valence-corrected chi connectivity index (χ4v) is 0.968. The number of urea groups is 1. The van der Waals surface area contributed by atoms with Crippen LogP contribution in [0.5, 0.6) is 5.75 Å². The van der Waals surface area contributed by atoms with Crippen molar-refractivity contribution >= 4 is 17.6 Å². The van der Waals surface area contributed by atoms with Gasteiger partial charge in [0.2, 0.25) is 0 Å². The molecule has 5 N–H and O–H groups in total. The zero-order valence-electron chi connectivity index (χ0n) is 8.20. The van der Waals surface area contributed by atoms with Crippen molar-refractivity contribution in [1.82, 2.24) is 5.32 Å². The van der Waals surface area contributed by atoms with E-state index in [1.54, 1.807) is 5.32 Å². The number of rotatable bonds is 3. The highest BCUT2D eigenvalue weighted by molar-refractivity contribution is 5.94. The number of anilines is 1. The van der Waals surface area contributed by atoms with Gasteiger partial charge in [-0.2, -0.15) is 0 Å². The lowest BCUT2D eigenvalue weighted by Crippen LogP contribution is -2.38. The molecule has 0 aliphatic rings. The maximum Gasteiger partial charge on any atom is 0.318 e. The van der Waals surface area contributed by atoms with Crippen molar-refractivity contribution in [2.75, 3.05) is 12.3 Å². The number of nitrogens with one attached hydrogen (secondary N) is 1.